The molecule has 2 aromatic carbocycles. The van der Waals surface area contributed by atoms with Gasteiger partial charge in [-0.05, 0) is 55.7 Å². The summed E-state index contributed by atoms with van der Waals surface area (Å²) < 4.78 is 32.5. The van der Waals surface area contributed by atoms with Crippen LogP contribution in [0.2, 0.25) is 0 Å². The van der Waals surface area contributed by atoms with Crippen LogP contribution in [-0.2, 0) is 19.6 Å². The minimum atomic E-state index is -3.63. The lowest BCUT2D eigenvalue weighted by Crippen LogP contribution is -2.27. The fourth-order valence-corrected chi connectivity index (χ4v) is 4.49. The standard InChI is InChI=1S/C22H28N2O4S/c1-17-8-9-21(14-18(17)2)29(26,27)23-12-10-22(25)28-16-19-11-13-24(15-19)20-6-4-3-5-7-20/h3-9,14,19,23H,10-13,15-16H2,1-2H3. The molecule has 7 heteroatoms. The second kappa shape index (κ2) is 9.41. The summed E-state index contributed by atoms with van der Waals surface area (Å²) in [6.45, 7) is 5.99. The zero-order chi connectivity index (χ0) is 20.9. The minimum absolute atomic E-state index is 0.0131. The van der Waals surface area contributed by atoms with Crippen molar-refractivity contribution in [3.05, 3.63) is 59.7 Å². The molecule has 1 atom stereocenters. The summed E-state index contributed by atoms with van der Waals surface area (Å²) in [4.78, 5) is 14.5. The van der Waals surface area contributed by atoms with Gasteiger partial charge in [-0.2, -0.15) is 0 Å². The van der Waals surface area contributed by atoms with E-state index in [0.29, 0.717) is 12.5 Å². The number of carbonyl (C=O) groups is 1. The summed E-state index contributed by atoms with van der Waals surface area (Å²) in [5, 5.41) is 0. The first-order valence-electron chi connectivity index (χ1n) is 9.88. The van der Waals surface area contributed by atoms with Gasteiger partial charge in [0.2, 0.25) is 10.0 Å². The van der Waals surface area contributed by atoms with E-state index in [1.54, 1.807) is 18.2 Å². The molecule has 156 valence electrons. The Morgan fingerprint density at radius 3 is 2.62 bits per heavy atom. The van der Waals surface area contributed by atoms with Gasteiger partial charge in [0, 0.05) is 31.2 Å². The lowest BCUT2D eigenvalue weighted by Gasteiger charge is -2.18. The smallest absolute Gasteiger partial charge is 0.307 e. The fraction of sp³-hybridized carbons (Fsp3) is 0.409. The lowest BCUT2D eigenvalue weighted by molar-refractivity contribution is -0.144. The third-order valence-corrected chi connectivity index (χ3v) is 6.76. The number of hydrogen-bond acceptors (Lipinski definition) is 5. The Kier molecular flexibility index (Phi) is 6.92. The van der Waals surface area contributed by atoms with E-state index in [1.807, 2.05) is 32.0 Å². The van der Waals surface area contributed by atoms with Crippen LogP contribution in [0.25, 0.3) is 0 Å². The van der Waals surface area contributed by atoms with E-state index < -0.39 is 10.0 Å². The molecule has 1 saturated heterocycles. The van der Waals surface area contributed by atoms with Crippen molar-refractivity contribution < 1.29 is 17.9 Å². The minimum Gasteiger partial charge on any atom is -0.465 e. The molecule has 1 aliphatic heterocycles. The molecule has 0 bridgehead atoms. The summed E-state index contributed by atoms with van der Waals surface area (Å²) in [5.41, 5.74) is 3.13. The van der Waals surface area contributed by atoms with E-state index in [9.17, 15) is 13.2 Å². The van der Waals surface area contributed by atoms with Gasteiger partial charge in [-0.25, -0.2) is 13.1 Å². The van der Waals surface area contributed by atoms with Gasteiger partial charge in [0.05, 0.1) is 17.9 Å². The maximum Gasteiger partial charge on any atom is 0.307 e. The molecule has 6 nitrogen and oxygen atoms in total. The van der Waals surface area contributed by atoms with Crippen LogP contribution in [0.4, 0.5) is 5.69 Å². The number of nitrogens with one attached hydrogen (secondary N) is 1. The maximum atomic E-state index is 12.3. The molecule has 29 heavy (non-hydrogen) atoms. The molecule has 1 fully saturated rings. The Morgan fingerprint density at radius 1 is 1.14 bits per heavy atom. The highest BCUT2D eigenvalue weighted by atomic mass is 32.2. The third kappa shape index (κ3) is 5.81. The van der Waals surface area contributed by atoms with E-state index in [0.717, 1.165) is 30.6 Å². The van der Waals surface area contributed by atoms with Crippen molar-refractivity contribution in [3.8, 4) is 0 Å². The van der Waals surface area contributed by atoms with Gasteiger partial charge in [0.25, 0.3) is 0 Å². The van der Waals surface area contributed by atoms with E-state index >= 15 is 0 Å². The van der Waals surface area contributed by atoms with Crippen LogP contribution in [0.3, 0.4) is 0 Å². The third-order valence-electron chi connectivity index (χ3n) is 5.30. The molecule has 0 amide bonds. The van der Waals surface area contributed by atoms with Crippen LogP contribution < -0.4 is 9.62 Å². The fourth-order valence-electron chi connectivity index (χ4n) is 3.38. The average Bonchev–Trinajstić information content (AvgIpc) is 3.18. The van der Waals surface area contributed by atoms with E-state index in [-0.39, 0.29) is 23.8 Å². The highest BCUT2D eigenvalue weighted by Gasteiger charge is 2.24. The number of para-hydroxylation sites is 1. The molecule has 1 aliphatic rings. The van der Waals surface area contributed by atoms with Gasteiger partial charge in [0.1, 0.15) is 0 Å². The number of hydrogen-bond donors (Lipinski definition) is 1. The van der Waals surface area contributed by atoms with Crippen molar-refractivity contribution in [1.29, 1.82) is 0 Å². The first-order chi connectivity index (χ1) is 13.8. The van der Waals surface area contributed by atoms with Crippen molar-refractivity contribution in [2.24, 2.45) is 5.92 Å². The molecule has 2 aromatic rings. The van der Waals surface area contributed by atoms with Crippen molar-refractivity contribution >= 4 is 21.7 Å². The molecule has 0 spiro atoms. The summed E-state index contributed by atoms with van der Waals surface area (Å²) in [7, 11) is -3.63. The maximum absolute atomic E-state index is 12.3. The van der Waals surface area contributed by atoms with Crippen LogP contribution in [0.5, 0.6) is 0 Å². The van der Waals surface area contributed by atoms with E-state index in [4.69, 9.17) is 4.74 Å². The highest BCUT2D eigenvalue weighted by Crippen LogP contribution is 2.23. The van der Waals surface area contributed by atoms with Gasteiger partial charge in [-0.15, -0.1) is 0 Å². The Balaban J connectivity index is 1.39. The topological polar surface area (TPSA) is 75.7 Å². The quantitative estimate of drug-likeness (QED) is 0.670. The molecule has 1 unspecified atom stereocenters. The molecule has 1 N–H and O–H groups in total. The number of sulfonamides is 1. The molecule has 0 aliphatic carbocycles. The van der Waals surface area contributed by atoms with Gasteiger partial charge < -0.3 is 9.64 Å². The number of anilines is 1. The van der Waals surface area contributed by atoms with Crippen molar-refractivity contribution in [1.82, 2.24) is 4.72 Å². The van der Waals surface area contributed by atoms with Gasteiger partial charge in [0.15, 0.2) is 0 Å². The van der Waals surface area contributed by atoms with Gasteiger partial charge in [-0.3, -0.25) is 4.79 Å². The number of benzene rings is 2. The number of aryl methyl sites for hydroxylation is 2. The SMILES string of the molecule is Cc1ccc(S(=O)(=O)NCCC(=O)OCC2CCN(c3ccccc3)C2)cc1C. The molecule has 1 heterocycles. The molecule has 3 rings (SSSR count). The van der Waals surface area contributed by atoms with Crippen LogP contribution in [0, 0.1) is 19.8 Å². The Morgan fingerprint density at radius 2 is 1.90 bits per heavy atom. The summed E-state index contributed by atoms with van der Waals surface area (Å²) in [5.74, 6) is -0.0858. The highest BCUT2D eigenvalue weighted by molar-refractivity contribution is 7.89. The monoisotopic (exact) mass is 416 g/mol. The molecule has 0 saturated carbocycles. The van der Waals surface area contributed by atoms with Crippen LogP contribution in [0.15, 0.2) is 53.4 Å². The van der Waals surface area contributed by atoms with Gasteiger partial charge >= 0.3 is 5.97 Å². The molecular formula is C22H28N2O4S. The second-order valence-electron chi connectivity index (χ2n) is 7.51. The van der Waals surface area contributed by atoms with Crippen LogP contribution >= 0.6 is 0 Å². The number of carbonyl (C=O) groups excluding carboxylic acids is 1. The lowest BCUT2D eigenvalue weighted by atomic mass is 10.1. The first-order valence-corrected chi connectivity index (χ1v) is 11.4. The predicted molar refractivity (Wildman–Crippen MR) is 113 cm³/mol. The predicted octanol–water partition coefficient (Wildman–Crippen LogP) is 3.04. The van der Waals surface area contributed by atoms with Gasteiger partial charge in [-0.1, -0.05) is 24.3 Å². The molecule has 0 aromatic heterocycles. The summed E-state index contributed by atoms with van der Waals surface area (Å²) >= 11 is 0. The first kappa shape index (κ1) is 21.3. The Labute approximate surface area is 172 Å². The van der Waals surface area contributed by atoms with Crippen LogP contribution in [-0.4, -0.2) is 40.6 Å². The number of nitrogens with zero attached hydrogens (tertiary/aromatic N) is 1. The molecule has 0 radical (unpaired) electrons. The zero-order valence-electron chi connectivity index (χ0n) is 16.9. The second-order valence-corrected chi connectivity index (χ2v) is 9.28. The van der Waals surface area contributed by atoms with E-state index in [1.165, 1.54) is 5.69 Å². The van der Waals surface area contributed by atoms with Crippen LogP contribution in [0.1, 0.15) is 24.0 Å². The van der Waals surface area contributed by atoms with Crippen molar-refractivity contribution in [2.45, 2.75) is 31.6 Å². The normalized spacial score (nSPS) is 16.8. The summed E-state index contributed by atoms with van der Waals surface area (Å²) in [6.07, 6.45) is 0.987. The average molecular weight is 417 g/mol. The number of esters is 1. The van der Waals surface area contributed by atoms with Crippen molar-refractivity contribution in [2.75, 3.05) is 31.1 Å². The van der Waals surface area contributed by atoms with Crippen molar-refractivity contribution in [3.63, 3.8) is 0 Å². The number of rotatable bonds is 8. The Hall–Kier alpha value is -2.38. The largest absolute Gasteiger partial charge is 0.465 e. The zero-order valence-corrected chi connectivity index (χ0v) is 17.7. The Bertz CT molecular complexity index is 945. The number of ether oxygens (including phenoxy) is 1. The molecular weight excluding hydrogens is 388 g/mol. The van der Waals surface area contributed by atoms with E-state index in [2.05, 4.69) is 21.8 Å². The summed E-state index contributed by atoms with van der Waals surface area (Å²) in [6, 6.07) is 15.2.